The largest absolute Gasteiger partial charge is 0.468 e. The molecule has 2 aromatic heterocycles. The number of ether oxygens (including phenoxy) is 1. The molecule has 0 spiro atoms. The number of likely N-dealkylation sites (tertiary alicyclic amines) is 1. The summed E-state index contributed by atoms with van der Waals surface area (Å²) in [6, 6.07) is 2.06. The molecule has 0 radical (unpaired) electrons. The molecule has 1 fully saturated rings. The van der Waals surface area contributed by atoms with Crippen LogP contribution < -0.4 is 10.5 Å². The molecule has 0 saturated carbocycles. The van der Waals surface area contributed by atoms with Crippen LogP contribution in [0.1, 0.15) is 16.4 Å². The van der Waals surface area contributed by atoms with E-state index in [2.05, 4.69) is 20.0 Å². The highest BCUT2D eigenvalue weighted by molar-refractivity contribution is 5.94. The molecule has 1 amide bonds. The summed E-state index contributed by atoms with van der Waals surface area (Å²) in [4.78, 5) is 17.8. The van der Waals surface area contributed by atoms with E-state index in [9.17, 15) is 18.0 Å². The van der Waals surface area contributed by atoms with Crippen molar-refractivity contribution >= 4 is 5.91 Å². The van der Waals surface area contributed by atoms with Gasteiger partial charge in [-0.25, -0.2) is 9.67 Å². The molecule has 2 atom stereocenters. The van der Waals surface area contributed by atoms with Gasteiger partial charge in [-0.3, -0.25) is 4.79 Å². The van der Waals surface area contributed by atoms with Crippen molar-refractivity contribution in [1.29, 1.82) is 0 Å². The first-order chi connectivity index (χ1) is 11.8. The van der Waals surface area contributed by atoms with Crippen molar-refractivity contribution in [2.45, 2.75) is 18.3 Å². The molecule has 3 rings (SSSR count). The third-order valence-electron chi connectivity index (χ3n) is 3.77. The number of amides is 1. The topological polar surface area (TPSA) is 99.2 Å². The molecular formula is C14H15F3N6O2. The fraction of sp³-hybridized carbons (Fsp3) is 0.429. The van der Waals surface area contributed by atoms with Crippen molar-refractivity contribution in [2.75, 3.05) is 19.7 Å². The molecule has 0 aliphatic carbocycles. The molecule has 2 N–H and O–H groups in total. The predicted molar refractivity (Wildman–Crippen MR) is 78.7 cm³/mol. The second-order valence-corrected chi connectivity index (χ2v) is 5.61. The molecule has 0 bridgehead atoms. The first-order valence-corrected chi connectivity index (χ1v) is 7.40. The molecule has 11 heteroatoms. The van der Waals surface area contributed by atoms with E-state index in [1.807, 2.05) is 0 Å². The highest BCUT2D eigenvalue weighted by Gasteiger charge is 2.35. The smallest absolute Gasteiger partial charge is 0.422 e. The molecule has 1 aliphatic heterocycles. The van der Waals surface area contributed by atoms with Gasteiger partial charge in [0.2, 0.25) is 5.88 Å². The van der Waals surface area contributed by atoms with Crippen LogP contribution in [0, 0.1) is 0 Å². The molecule has 3 heterocycles. The molecule has 1 aliphatic rings. The van der Waals surface area contributed by atoms with Gasteiger partial charge >= 0.3 is 6.18 Å². The summed E-state index contributed by atoms with van der Waals surface area (Å²) in [5.41, 5.74) is 6.24. The lowest BCUT2D eigenvalue weighted by molar-refractivity contribution is -0.154. The van der Waals surface area contributed by atoms with E-state index in [0.717, 1.165) is 0 Å². The molecule has 2 aromatic rings. The summed E-state index contributed by atoms with van der Waals surface area (Å²) in [5, 5.41) is 7.61. The van der Waals surface area contributed by atoms with Crippen LogP contribution in [0.25, 0.3) is 0 Å². The number of aromatic nitrogens is 4. The van der Waals surface area contributed by atoms with Gasteiger partial charge in [-0.15, -0.1) is 5.10 Å². The number of nitrogens with two attached hydrogens (primary N) is 1. The zero-order valence-corrected chi connectivity index (χ0v) is 12.9. The van der Waals surface area contributed by atoms with Gasteiger partial charge in [0.05, 0.1) is 12.2 Å². The molecule has 0 aromatic carbocycles. The Morgan fingerprint density at radius 3 is 2.84 bits per heavy atom. The predicted octanol–water partition coefficient (Wildman–Crippen LogP) is 0.639. The summed E-state index contributed by atoms with van der Waals surface area (Å²) in [6.07, 6.45) is -0.0728. The fourth-order valence-corrected chi connectivity index (χ4v) is 2.61. The SMILES string of the molecule is N[C@@H]1CN(C(=O)c2ccnc(OCC(F)(F)F)c2)C[C@@H]1n1ccnn1. The summed E-state index contributed by atoms with van der Waals surface area (Å²) in [7, 11) is 0. The molecule has 25 heavy (non-hydrogen) atoms. The van der Waals surface area contributed by atoms with E-state index in [1.165, 1.54) is 29.4 Å². The Morgan fingerprint density at radius 1 is 1.36 bits per heavy atom. The second-order valence-electron chi connectivity index (χ2n) is 5.61. The Balaban J connectivity index is 1.69. The third kappa shape index (κ3) is 4.05. The summed E-state index contributed by atoms with van der Waals surface area (Å²) < 4.78 is 42.8. The van der Waals surface area contributed by atoms with E-state index >= 15 is 0 Å². The lowest BCUT2D eigenvalue weighted by atomic mass is 10.2. The summed E-state index contributed by atoms with van der Waals surface area (Å²) >= 11 is 0. The molecular weight excluding hydrogens is 341 g/mol. The van der Waals surface area contributed by atoms with Crippen LogP contribution >= 0.6 is 0 Å². The highest BCUT2D eigenvalue weighted by Crippen LogP contribution is 2.23. The quantitative estimate of drug-likeness (QED) is 0.863. The molecule has 8 nitrogen and oxygen atoms in total. The fourth-order valence-electron chi connectivity index (χ4n) is 2.61. The minimum atomic E-state index is -4.48. The van der Waals surface area contributed by atoms with Crippen molar-refractivity contribution in [1.82, 2.24) is 24.9 Å². The van der Waals surface area contributed by atoms with E-state index in [-0.39, 0.29) is 29.4 Å². The van der Waals surface area contributed by atoms with E-state index in [0.29, 0.717) is 13.1 Å². The number of nitrogens with zero attached hydrogens (tertiary/aromatic N) is 5. The van der Waals surface area contributed by atoms with Gasteiger partial charge in [0, 0.05) is 43.2 Å². The van der Waals surface area contributed by atoms with Crippen LogP contribution in [-0.4, -0.2) is 62.7 Å². The van der Waals surface area contributed by atoms with E-state index < -0.39 is 12.8 Å². The molecule has 0 unspecified atom stereocenters. The number of carbonyl (C=O) groups is 1. The van der Waals surface area contributed by atoms with Crippen molar-refractivity contribution < 1.29 is 22.7 Å². The Labute approximate surface area is 140 Å². The number of halogens is 3. The lowest BCUT2D eigenvalue weighted by Crippen LogP contribution is -2.33. The first-order valence-electron chi connectivity index (χ1n) is 7.40. The maximum Gasteiger partial charge on any atom is 0.422 e. The lowest BCUT2D eigenvalue weighted by Gasteiger charge is -2.16. The van der Waals surface area contributed by atoms with Crippen LogP contribution in [0.2, 0.25) is 0 Å². The third-order valence-corrected chi connectivity index (χ3v) is 3.77. The number of hydrogen-bond donors (Lipinski definition) is 1. The van der Waals surface area contributed by atoms with Gasteiger partial charge < -0.3 is 15.4 Å². The minimum Gasteiger partial charge on any atom is -0.468 e. The standard InChI is InChI=1S/C14H15F3N6O2/c15-14(16,17)8-25-12-5-9(1-2-19-12)13(24)22-6-10(18)11(7-22)23-4-3-20-21-23/h1-5,10-11H,6-8,18H2/t10-,11+/m1/s1. The highest BCUT2D eigenvalue weighted by atomic mass is 19.4. The average molecular weight is 356 g/mol. The van der Waals surface area contributed by atoms with Gasteiger partial charge in [0.1, 0.15) is 0 Å². The molecule has 134 valence electrons. The van der Waals surface area contributed by atoms with Crippen LogP contribution in [0.3, 0.4) is 0 Å². The van der Waals surface area contributed by atoms with Crippen LogP contribution in [0.4, 0.5) is 13.2 Å². The Bertz CT molecular complexity index is 736. The Hall–Kier alpha value is -2.69. The number of alkyl halides is 3. The van der Waals surface area contributed by atoms with Crippen molar-refractivity contribution in [3.05, 3.63) is 36.3 Å². The van der Waals surface area contributed by atoms with Crippen LogP contribution in [0.15, 0.2) is 30.7 Å². The number of pyridine rings is 1. The molecule has 1 saturated heterocycles. The van der Waals surface area contributed by atoms with Gasteiger partial charge in [0.15, 0.2) is 6.61 Å². The maximum atomic E-state index is 12.6. The second kappa shape index (κ2) is 6.67. The van der Waals surface area contributed by atoms with Crippen molar-refractivity contribution in [2.24, 2.45) is 5.73 Å². The first kappa shape index (κ1) is 17.1. The Kier molecular flexibility index (Phi) is 4.57. The number of hydrogen-bond acceptors (Lipinski definition) is 6. The van der Waals surface area contributed by atoms with Gasteiger partial charge in [0.25, 0.3) is 5.91 Å². The van der Waals surface area contributed by atoms with Gasteiger partial charge in [-0.1, -0.05) is 5.21 Å². The summed E-state index contributed by atoms with van der Waals surface area (Å²) in [6.45, 7) is -0.852. The van der Waals surface area contributed by atoms with E-state index in [1.54, 1.807) is 10.9 Å². The van der Waals surface area contributed by atoms with Crippen molar-refractivity contribution in [3.63, 3.8) is 0 Å². The average Bonchev–Trinajstić information content (AvgIpc) is 3.21. The van der Waals surface area contributed by atoms with Crippen LogP contribution in [0.5, 0.6) is 5.88 Å². The normalized spacial score (nSPS) is 20.7. The Morgan fingerprint density at radius 2 is 2.16 bits per heavy atom. The monoisotopic (exact) mass is 356 g/mol. The number of rotatable bonds is 4. The summed E-state index contributed by atoms with van der Waals surface area (Å²) in [5.74, 6) is -0.628. The van der Waals surface area contributed by atoms with Gasteiger partial charge in [-0.2, -0.15) is 13.2 Å². The zero-order valence-electron chi connectivity index (χ0n) is 12.9. The zero-order chi connectivity index (χ0) is 18.0. The van der Waals surface area contributed by atoms with Crippen LogP contribution in [-0.2, 0) is 0 Å². The maximum absolute atomic E-state index is 12.6. The number of carbonyl (C=O) groups excluding carboxylic acids is 1. The van der Waals surface area contributed by atoms with Crippen molar-refractivity contribution in [3.8, 4) is 5.88 Å². The minimum absolute atomic E-state index is 0.179. The van der Waals surface area contributed by atoms with Gasteiger partial charge in [-0.05, 0) is 6.07 Å². The van der Waals surface area contributed by atoms with E-state index in [4.69, 9.17) is 5.73 Å².